The first-order valence-corrected chi connectivity index (χ1v) is 7.19. The van der Waals surface area contributed by atoms with Crippen LogP contribution in [0.2, 0.25) is 0 Å². The highest BCUT2D eigenvalue weighted by molar-refractivity contribution is 5.80. The molecule has 110 valence electrons. The lowest BCUT2D eigenvalue weighted by Gasteiger charge is -2.17. The van der Waals surface area contributed by atoms with Crippen LogP contribution in [0.3, 0.4) is 0 Å². The largest absolute Gasteiger partial charge is 0.481 e. The quantitative estimate of drug-likeness (QED) is 0.899. The number of carbonyl (C=O) groups excluding carboxylic acids is 1. The number of hydrogen-bond acceptors (Lipinski definition) is 3. The molecule has 0 radical (unpaired) electrons. The molecule has 0 aliphatic carbocycles. The van der Waals surface area contributed by atoms with Gasteiger partial charge in [0.05, 0.1) is 6.10 Å². The van der Waals surface area contributed by atoms with Gasteiger partial charge in [0, 0.05) is 13.2 Å². The maximum atomic E-state index is 12.0. The highest BCUT2D eigenvalue weighted by atomic mass is 16.5. The van der Waals surface area contributed by atoms with Gasteiger partial charge >= 0.3 is 0 Å². The molecule has 2 rings (SSSR count). The second kappa shape index (κ2) is 6.75. The van der Waals surface area contributed by atoms with E-state index >= 15 is 0 Å². The molecule has 1 saturated heterocycles. The van der Waals surface area contributed by atoms with E-state index in [1.807, 2.05) is 26.0 Å². The van der Waals surface area contributed by atoms with Crippen LogP contribution < -0.4 is 10.1 Å². The third-order valence-corrected chi connectivity index (χ3v) is 3.41. The van der Waals surface area contributed by atoms with E-state index in [1.165, 1.54) is 0 Å². The number of amides is 1. The zero-order valence-corrected chi connectivity index (χ0v) is 12.4. The molecule has 1 fully saturated rings. The van der Waals surface area contributed by atoms with Gasteiger partial charge in [0.2, 0.25) is 0 Å². The summed E-state index contributed by atoms with van der Waals surface area (Å²) in [6.07, 6.45) is 1.76. The second-order valence-corrected chi connectivity index (χ2v) is 5.46. The van der Waals surface area contributed by atoms with E-state index in [0.29, 0.717) is 6.54 Å². The van der Waals surface area contributed by atoms with Crippen LogP contribution in [0.25, 0.3) is 0 Å². The Balaban J connectivity index is 1.83. The van der Waals surface area contributed by atoms with Gasteiger partial charge in [0.15, 0.2) is 6.10 Å². The molecule has 4 heteroatoms. The summed E-state index contributed by atoms with van der Waals surface area (Å²) in [6.45, 7) is 7.17. The van der Waals surface area contributed by atoms with Crippen LogP contribution >= 0.6 is 0 Å². The minimum Gasteiger partial charge on any atom is -0.481 e. The monoisotopic (exact) mass is 277 g/mol. The van der Waals surface area contributed by atoms with Crippen molar-refractivity contribution >= 4 is 5.91 Å². The zero-order chi connectivity index (χ0) is 14.5. The smallest absolute Gasteiger partial charge is 0.260 e. The van der Waals surface area contributed by atoms with Gasteiger partial charge in [-0.25, -0.2) is 0 Å². The van der Waals surface area contributed by atoms with E-state index in [0.717, 1.165) is 36.3 Å². The average Bonchev–Trinajstić information content (AvgIpc) is 2.87. The molecular weight excluding hydrogens is 254 g/mol. The Bertz CT molecular complexity index is 447. The van der Waals surface area contributed by atoms with Crippen molar-refractivity contribution in [2.24, 2.45) is 0 Å². The van der Waals surface area contributed by atoms with Crippen LogP contribution in [0.5, 0.6) is 5.75 Å². The third kappa shape index (κ3) is 4.23. The van der Waals surface area contributed by atoms with Crippen LogP contribution in [-0.4, -0.2) is 31.3 Å². The second-order valence-electron chi connectivity index (χ2n) is 5.46. The summed E-state index contributed by atoms with van der Waals surface area (Å²) in [5.41, 5.74) is 2.26. The van der Waals surface area contributed by atoms with Crippen molar-refractivity contribution in [3.8, 4) is 5.75 Å². The number of hydrogen-bond donors (Lipinski definition) is 1. The number of ether oxygens (including phenoxy) is 2. The Hall–Kier alpha value is -1.55. The number of nitrogens with one attached hydrogen (secondary N) is 1. The highest BCUT2D eigenvalue weighted by Crippen LogP contribution is 2.17. The minimum absolute atomic E-state index is 0.0975. The molecule has 1 aliphatic rings. The van der Waals surface area contributed by atoms with Gasteiger partial charge in [0.1, 0.15) is 5.75 Å². The maximum Gasteiger partial charge on any atom is 0.260 e. The lowest BCUT2D eigenvalue weighted by atomic mass is 10.1. The number of aryl methyl sites for hydroxylation is 2. The van der Waals surface area contributed by atoms with E-state index < -0.39 is 6.10 Å². The van der Waals surface area contributed by atoms with Gasteiger partial charge in [-0.2, -0.15) is 0 Å². The normalized spacial score (nSPS) is 19.6. The summed E-state index contributed by atoms with van der Waals surface area (Å²) in [7, 11) is 0. The van der Waals surface area contributed by atoms with Crippen molar-refractivity contribution in [2.45, 2.75) is 45.8 Å². The fraction of sp³-hybridized carbons (Fsp3) is 0.562. The molecule has 2 unspecified atom stereocenters. The van der Waals surface area contributed by atoms with Crippen LogP contribution in [0.4, 0.5) is 0 Å². The fourth-order valence-corrected chi connectivity index (χ4v) is 2.42. The van der Waals surface area contributed by atoms with Gasteiger partial charge < -0.3 is 14.8 Å². The van der Waals surface area contributed by atoms with E-state index in [2.05, 4.69) is 11.4 Å². The first-order valence-electron chi connectivity index (χ1n) is 7.19. The summed E-state index contributed by atoms with van der Waals surface area (Å²) in [6, 6.07) is 5.96. The van der Waals surface area contributed by atoms with Crippen LogP contribution in [-0.2, 0) is 9.53 Å². The van der Waals surface area contributed by atoms with E-state index in [9.17, 15) is 4.79 Å². The lowest BCUT2D eigenvalue weighted by Crippen LogP contribution is -2.40. The topological polar surface area (TPSA) is 47.6 Å². The van der Waals surface area contributed by atoms with Crippen molar-refractivity contribution in [1.29, 1.82) is 0 Å². The Kier molecular flexibility index (Phi) is 5.01. The maximum absolute atomic E-state index is 12.0. The van der Waals surface area contributed by atoms with Gasteiger partial charge in [-0.05, 0) is 56.9 Å². The van der Waals surface area contributed by atoms with Crippen molar-refractivity contribution in [2.75, 3.05) is 13.2 Å². The summed E-state index contributed by atoms with van der Waals surface area (Å²) in [5.74, 6) is 0.641. The molecule has 1 aromatic carbocycles. The van der Waals surface area contributed by atoms with Crippen molar-refractivity contribution in [1.82, 2.24) is 5.32 Å². The predicted octanol–water partition coefficient (Wildman–Crippen LogP) is 2.37. The molecule has 0 bridgehead atoms. The van der Waals surface area contributed by atoms with E-state index in [1.54, 1.807) is 6.92 Å². The first kappa shape index (κ1) is 14.9. The minimum atomic E-state index is -0.502. The Morgan fingerprint density at radius 3 is 2.70 bits per heavy atom. The standard InChI is InChI=1S/C16H23NO3/c1-11-7-12(2)9-15(8-11)20-13(3)16(18)17-10-14-5-4-6-19-14/h7-9,13-14H,4-6,10H2,1-3H3,(H,17,18). The Morgan fingerprint density at radius 2 is 2.10 bits per heavy atom. The molecule has 4 nitrogen and oxygen atoms in total. The van der Waals surface area contributed by atoms with Crippen molar-refractivity contribution in [3.63, 3.8) is 0 Å². The van der Waals surface area contributed by atoms with Gasteiger partial charge in [-0.15, -0.1) is 0 Å². The Labute approximate surface area is 120 Å². The van der Waals surface area contributed by atoms with Crippen molar-refractivity contribution < 1.29 is 14.3 Å². The summed E-state index contributed by atoms with van der Waals surface area (Å²) in [5, 5.41) is 2.88. The predicted molar refractivity (Wildman–Crippen MR) is 78.0 cm³/mol. The SMILES string of the molecule is Cc1cc(C)cc(OC(C)C(=O)NCC2CCCO2)c1. The lowest BCUT2D eigenvalue weighted by molar-refractivity contribution is -0.127. The third-order valence-electron chi connectivity index (χ3n) is 3.41. The number of benzene rings is 1. The molecule has 1 N–H and O–H groups in total. The summed E-state index contributed by atoms with van der Waals surface area (Å²) < 4.78 is 11.2. The van der Waals surface area contributed by atoms with Gasteiger partial charge in [-0.3, -0.25) is 4.79 Å². The summed E-state index contributed by atoms with van der Waals surface area (Å²) in [4.78, 5) is 12.0. The van der Waals surface area contributed by atoms with Crippen LogP contribution in [0.15, 0.2) is 18.2 Å². The molecule has 0 saturated carbocycles. The molecule has 0 spiro atoms. The zero-order valence-electron chi connectivity index (χ0n) is 12.4. The highest BCUT2D eigenvalue weighted by Gasteiger charge is 2.19. The van der Waals surface area contributed by atoms with E-state index in [4.69, 9.17) is 9.47 Å². The van der Waals surface area contributed by atoms with E-state index in [-0.39, 0.29) is 12.0 Å². The molecular formula is C16H23NO3. The Morgan fingerprint density at radius 1 is 1.40 bits per heavy atom. The molecule has 2 atom stereocenters. The van der Waals surface area contributed by atoms with Crippen LogP contribution in [0, 0.1) is 13.8 Å². The molecule has 1 amide bonds. The number of carbonyl (C=O) groups is 1. The van der Waals surface area contributed by atoms with Crippen molar-refractivity contribution in [3.05, 3.63) is 29.3 Å². The average molecular weight is 277 g/mol. The summed E-state index contributed by atoms with van der Waals surface area (Å²) >= 11 is 0. The first-order chi connectivity index (χ1) is 9.54. The molecule has 1 aromatic rings. The fourth-order valence-electron chi connectivity index (χ4n) is 2.42. The van der Waals surface area contributed by atoms with Gasteiger partial charge in [0.25, 0.3) is 5.91 Å². The van der Waals surface area contributed by atoms with Crippen LogP contribution in [0.1, 0.15) is 30.9 Å². The number of rotatable bonds is 5. The molecule has 1 aliphatic heterocycles. The molecule has 20 heavy (non-hydrogen) atoms. The van der Waals surface area contributed by atoms with Gasteiger partial charge in [-0.1, -0.05) is 6.07 Å². The molecule has 0 aromatic heterocycles. The molecule has 1 heterocycles.